The van der Waals surface area contributed by atoms with Crippen molar-refractivity contribution in [2.45, 2.75) is 45.7 Å². The molecule has 0 heterocycles. The van der Waals surface area contributed by atoms with Crippen molar-refractivity contribution in [3.8, 4) is 5.75 Å². The van der Waals surface area contributed by atoms with E-state index in [4.69, 9.17) is 16.3 Å². The van der Waals surface area contributed by atoms with E-state index in [0.717, 1.165) is 11.1 Å². The van der Waals surface area contributed by atoms with Gasteiger partial charge in [-0.05, 0) is 53.8 Å². The first kappa shape index (κ1) is 26.3. The minimum absolute atomic E-state index is 0.174. The van der Waals surface area contributed by atoms with Gasteiger partial charge in [-0.2, -0.15) is 0 Å². The maximum absolute atomic E-state index is 13.5. The molecule has 0 aliphatic heterocycles. The van der Waals surface area contributed by atoms with Crippen LogP contribution < -0.4 is 10.1 Å². The Labute approximate surface area is 213 Å². The molecule has 3 aromatic carbocycles. The Morgan fingerprint density at radius 2 is 1.63 bits per heavy atom. The van der Waals surface area contributed by atoms with Crippen molar-refractivity contribution in [1.29, 1.82) is 0 Å². The molecule has 0 radical (unpaired) electrons. The monoisotopic (exact) mass is 492 g/mol. The number of hydrogen-bond donors (Lipinski definition) is 1. The predicted molar refractivity (Wildman–Crippen MR) is 141 cm³/mol. The first-order chi connectivity index (χ1) is 16.9. The van der Waals surface area contributed by atoms with E-state index in [-0.39, 0.29) is 25.0 Å². The van der Waals surface area contributed by atoms with Crippen LogP contribution >= 0.6 is 11.6 Å². The van der Waals surface area contributed by atoms with E-state index < -0.39 is 6.04 Å². The van der Waals surface area contributed by atoms with E-state index >= 15 is 0 Å². The second-order valence-corrected chi connectivity index (χ2v) is 9.20. The topological polar surface area (TPSA) is 58.6 Å². The predicted octanol–water partition coefficient (Wildman–Crippen LogP) is 5.62. The number of nitrogens with one attached hydrogen (secondary N) is 1. The maximum Gasteiger partial charge on any atom is 0.261 e. The molecule has 0 saturated heterocycles. The molecule has 1 unspecified atom stereocenters. The fourth-order valence-electron chi connectivity index (χ4n) is 3.85. The van der Waals surface area contributed by atoms with E-state index in [9.17, 15) is 9.59 Å². The van der Waals surface area contributed by atoms with Crippen LogP contribution in [0.2, 0.25) is 5.02 Å². The van der Waals surface area contributed by atoms with Gasteiger partial charge >= 0.3 is 0 Å². The van der Waals surface area contributed by atoms with Gasteiger partial charge in [-0.25, -0.2) is 0 Å². The smallest absolute Gasteiger partial charge is 0.261 e. The number of carbonyl (C=O) groups is 2. The minimum atomic E-state index is -0.698. The van der Waals surface area contributed by atoms with Crippen molar-refractivity contribution in [3.63, 3.8) is 0 Å². The Bertz CT molecular complexity index is 1100. The average molecular weight is 493 g/mol. The van der Waals surface area contributed by atoms with E-state index in [2.05, 4.69) is 19.2 Å². The van der Waals surface area contributed by atoms with Crippen LogP contribution in [0.15, 0.2) is 78.9 Å². The van der Waals surface area contributed by atoms with Gasteiger partial charge in [-0.3, -0.25) is 9.59 Å². The zero-order valence-corrected chi connectivity index (χ0v) is 21.3. The van der Waals surface area contributed by atoms with Crippen molar-refractivity contribution >= 4 is 23.4 Å². The lowest BCUT2D eigenvalue weighted by Gasteiger charge is -2.31. The quantitative estimate of drug-likeness (QED) is 0.378. The summed E-state index contributed by atoms with van der Waals surface area (Å²) in [6, 6.07) is 24.1. The second kappa shape index (κ2) is 13.0. The third kappa shape index (κ3) is 7.86. The highest BCUT2D eigenvalue weighted by Crippen LogP contribution is 2.20. The third-order valence-corrected chi connectivity index (χ3v) is 6.01. The summed E-state index contributed by atoms with van der Waals surface area (Å²) in [6.07, 6.45) is 0.391. The first-order valence-corrected chi connectivity index (χ1v) is 12.3. The summed E-state index contributed by atoms with van der Waals surface area (Å²) in [5.41, 5.74) is 3.01. The molecule has 0 aromatic heterocycles. The first-order valence-electron chi connectivity index (χ1n) is 12.0. The number of benzene rings is 3. The zero-order valence-electron chi connectivity index (χ0n) is 20.5. The molecular formula is C29H33ClN2O3. The van der Waals surface area contributed by atoms with Gasteiger partial charge in [0.05, 0.1) is 0 Å². The van der Waals surface area contributed by atoms with E-state index in [1.165, 1.54) is 5.56 Å². The van der Waals surface area contributed by atoms with Gasteiger partial charge in [-0.1, -0.05) is 80.0 Å². The van der Waals surface area contributed by atoms with Crippen molar-refractivity contribution in [3.05, 3.63) is 101 Å². The lowest BCUT2D eigenvalue weighted by Crippen LogP contribution is -2.51. The Morgan fingerprint density at radius 3 is 2.26 bits per heavy atom. The summed E-state index contributed by atoms with van der Waals surface area (Å²) in [5, 5.41) is 3.47. The highest BCUT2D eigenvalue weighted by Gasteiger charge is 2.30. The molecule has 35 heavy (non-hydrogen) atoms. The summed E-state index contributed by atoms with van der Waals surface area (Å²) in [4.78, 5) is 28.3. The highest BCUT2D eigenvalue weighted by atomic mass is 35.5. The van der Waals surface area contributed by atoms with E-state index in [0.29, 0.717) is 29.7 Å². The summed E-state index contributed by atoms with van der Waals surface area (Å²) < 4.78 is 5.84. The maximum atomic E-state index is 13.5. The van der Waals surface area contributed by atoms with E-state index in [1.54, 1.807) is 11.0 Å². The molecule has 0 aliphatic carbocycles. The number of ether oxygens (including phenoxy) is 1. The molecule has 0 bridgehead atoms. The van der Waals surface area contributed by atoms with Crippen LogP contribution in [0.1, 0.15) is 43.4 Å². The van der Waals surface area contributed by atoms with Crippen molar-refractivity contribution in [1.82, 2.24) is 10.2 Å². The van der Waals surface area contributed by atoms with Gasteiger partial charge in [0.15, 0.2) is 6.61 Å². The molecule has 3 aromatic rings. The third-order valence-electron chi connectivity index (χ3n) is 5.77. The largest absolute Gasteiger partial charge is 0.484 e. The number of carbonyl (C=O) groups excluding carboxylic acids is 2. The number of amides is 2. The van der Waals surface area contributed by atoms with E-state index in [1.807, 2.05) is 79.7 Å². The van der Waals surface area contributed by atoms with Crippen LogP contribution in [0.4, 0.5) is 0 Å². The van der Waals surface area contributed by atoms with Crippen LogP contribution in [-0.2, 0) is 22.6 Å². The molecule has 5 nitrogen and oxygen atoms in total. The molecule has 0 fully saturated rings. The van der Waals surface area contributed by atoms with Gasteiger partial charge in [-0.15, -0.1) is 0 Å². The average Bonchev–Trinajstić information content (AvgIpc) is 2.85. The van der Waals surface area contributed by atoms with Crippen LogP contribution in [0.5, 0.6) is 5.75 Å². The summed E-state index contributed by atoms with van der Waals surface area (Å²) in [7, 11) is 0. The molecular weight excluding hydrogens is 460 g/mol. The van der Waals surface area contributed by atoms with Gasteiger partial charge in [0.1, 0.15) is 11.8 Å². The fraction of sp³-hybridized carbons (Fsp3) is 0.310. The Kier molecular flexibility index (Phi) is 9.74. The van der Waals surface area contributed by atoms with Crippen LogP contribution in [-0.4, -0.2) is 35.9 Å². The zero-order chi connectivity index (χ0) is 25.2. The molecule has 1 atom stereocenters. The SMILES string of the molecule is CCNC(=O)C(Cc1ccccc1)N(Cc1cccc(Cl)c1)C(=O)COc1ccc(C(C)C)cc1. The summed E-state index contributed by atoms with van der Waals surface area (Å²) >= 11 is 6.20. The fourth-order valence-corrected chi connectivity index (χ4v) is 4.07. The lowest BCUT2D eigenvalue weighted by atomic mass is 10.0. The molecule has 0 spiro atoms. The lowest BCUT2D eigenvalue weighted by molar-refractivity contribution is -0.142. The number of likely N-dealkylation sites (N-methyl/N-ethyl adjacent to an activating group) is 1. The normalized spacial score (nSPS) is 11.7. The van der Waals surface area contributed by atoms with Crippen LogP contribution in [0.25, 0.3) is 0 Å². The Balaban J connectivity index is 1.86. The molecule has 3 rings (SSSR count). The van der Waals surface area contributed by atoms with Gasteiger partial charge < -0.3 is 15.0 Å². The number of hydrogen-bond acceptors (Lipinski definition) is 3. The Morgan fingerprint density at radius 1 is 0.943 bits per heavy atom. The van der Waals surface area contributed by atoms with Crippen molar-refractivity contribution in [2.75, 3.05) is 13.2 Å². The molecule has 2 amide bonds. The number of rotatable bonds is 11. The minimum Gasteiger partial charge on any atom is -0.484 e. The molecule has 0 aliphatic rings. The molecule has 184 valence electrons. The molecule has 0 saturated carbocycles. The molecule has 6 heteroatoms. The standard InChI is InChI=1S/C29H33ClN2O3/c1-4-31-29(34)27(18-22-9-6-5-7-10-22)32(19-23-11-8-12-25(30)17-23)28(33)20-35-26-15-13-24(14-16-26)21(2)3/h5-17,21,27H,4,18-20H2,1-3H3,(H,31,34). The second-order valence-electron chi connectivity index (χ2n) is 8.76. The highest BCUT2D eigenvalue weighted by molar-refractivity contribution is 6.30. The van der Waals surface area contributed by atoms with Crippen LogP contribution in [0, 0.1) is 0 Å². The van der Waals surface area contributed by atoms with Gasteiger partial charge in [0, 0.05) is 24.5 Å². The Hall–Kier alpha value is -3.31. The molecule has 1 N–H and O–H groups in total. The van der Waals surface area contributed by atoms with Crippen LogP contribution in [0.3, 0.4) is 0 Å². The van der Waals surface area contributed by atoms with Crippen molar-refractivity contribution in [2.24, 2.45) is 0 Å². The van der Waals surface area contributed by atoms with Gasteiger partial charge in [0.2, 0.25) is 5.91 Å². The number of halogens is 1. The summed E-state index contributed by atoms with van der Waals surface area (Å²) in [6.45, 7) is 6.66. The summed E-state index contributed by atoms with van der Waals surface area (Å²) in [5.74, 6) is 0.552. The van der Waals surface area contributed by atoms with Crippen molar-refractivity contribution < 1.29 is 14.3 Å². The number of nitrogens with zero attached hydrogens (tertiary/aromatic N) is 1. The van der Waals surface area contributed by atoms with Gasteiger partial charge in [0.25, 0.3) is 5.91 Å².